The van der Waals surface area contributed by atoms with Gasteiger partial charge in [-0.05, 0) is 33.7 Å². The maximum atomic E-state index is 12.4. The van der Waals surface area contributed by atoms with E-state index in [0.29, 0.717) is 28.7 Å². The molecule has 0 amide bonds. The van der Waals surface area contributed by atoms with E-state index in [1.807, 2.05) is 13.8 Å². The molecule has 1 fully saturated rings. The first-order valence-electron chi connectivity index (χ1n) is 13.5. The Balaban J connectivity index is 1.83. The monoisotopic (exact) mass is 542 g/mol. The van der Waals surface area contributed by atoms with E-state index in [0.717, 1.165) is 58.5 Å². The summed E-state index contributed by atoms with van der Waals surface area (Å²) in [6.45, 7) is 6.91. The van der Waals surface area contributed by atoms with Crippen molar-refractivity contribution in [1.82, 2.24) is 9.80 Å². The van der Waals surface area contributed by atoms with E-state index in [4.69, 9.17) is 28.4 Å². The Morgan fingerprint density at radius 3 is 1.74 bits per heavy atom. The van der Waals surface area contributed by atoms with Gasteiger partial charge >= 0.3 is 0 Å². The highest BCUT2D eigenvalue weighted by atomic mass is 16.5. The molecule has 5 rings (SSSR count). The van der Waals surface area contributed by atoms with Crippen molar-refractivity contribution in [3.63, 3.8) is 0 Å². The first kappa shape index (κ1) is 27.7. The number of ether oxygens (including phenoxy) is 6. The summed E-state index contributed by atoms with van der Waals surface area (Å²) in [5.41, 5.74) is 5.58. The molecule has 0 radical (unpaired) electrons. The fourth-order valence-electron chi connectivity index (χ4n) is 7.73. The van der Waals surface area contributed by atoms with Gasteiger partial charge in [-0.25, -0.2) is 0 Å². The van der Waals surface area contributed by atoms with Gasteiger partial charge in [0.05, 0.1) is 54.7 Å². The number of hydrogen-bond acceptors (Lipinski definition) is 9. The second-order valence-electron chi connectivity index (χ2n) is 10.7. The summed E-state index contributed by atoms with van der Waals surface area (Å²) >= 11 is 0. The van der Waals surface area contributed by atoms with Crippen LogP contribution in [0.2, 0.25) is 0 Å². The Kier molecular flexibility index (Phi) is 7.28. The third kappa shape index (κ3) is 3.62. The van der Waals surface area contributed by atoms with Gasteiger partial charge in [0.25, 0.3) is 0 Å². The van der Waals surface area contributed by atoms with Crippen molar-refractivity contribution in [3.05, 3.63) is 33.4 Å². The Hall–Kier alpha value is -2.88. The Morgan fingerprint density at radius 1 is 0.718 bits per heavy atom. The van der Waals surface area contributed by atoms with E-state index in [1.54, 1.807) is 42.7 Å². The molecule has 2 aromatic rings. The second-order valence-corrected chi connectivity index (χ2v) is 10.7. The minimum absolute atomic E-state index is 0.00719. The van der Waals surface area contributed by atoms with E-state index in [-0.39, 0.29) is 24.2 Å². The molecule has 0 aliphatic carbocycles. The smallest absolute Gasteiger partial charge is 0.167 e. The average molecular weight is 543 g/mol. The van der Waals surface area contributed by atoms with Crippen LogP contribution in [-0.2, 0) is 6.42 Å². The Bertz CT molecular complexity index is 1280. The summed E-state index contributed by atoms with van der Waals surface area (Å²) in [5.74, 6) is 4.13. The molecule has 9 nitrogen and oxygen atoms in total. The fourth-order valence-corrected chi connectivity index (χ4v) is 7.73. The average Bonchev–Trinajstić information content (AvgIpc) is 2.92. The molecule has 9 heteroatoms. The number of benzene rings is 2. The lowest BCUT2D eigenvalue weighted by molar-refractivity contribution is -0.102. The van der Waals surface area contributed by atoms with Gasteiger partial charge in [-0.15, -0.1) is 0 Å². The van der Waals surface area contributed by atoms with Crippen LogP contribution in [0.15, 0.2) is 0 Å². The minimum Gasteiger partial charge on any atom is -0.496 e. The molecule has 2 aromatic carbocycles. The maximum absolute atomic E-state index is 12.4. The third-order valence-electron chi connectivity index (χ3n) is 9.24. The lowest BCUT2D eigenvalue weighted by atomic mass is 9.72. The Morgan fingerprint density at radius 2 is 1.23 bits per heavy atom. The van der Waals surface area contributed by atoms with Crippen molar-refractivity contribution in [1.29, 1.82) is 0 Å². The van der Waals surface area contributed by atoms with E-state index in [9.17, 15) is 5.11 Å². The van der Waals surface area contributed by atoms with Crippen molar-refractivity contribution in [2.45, 2.75) is 63.9 Å². The molecule has 3 aliphatic rings. The SMILES string of the molecule is CC[C@H]1c2c(OC)c(OC)c(C)c(OC)c2C(O)C2C3c4c(c(OC)c(C)c(OC)c4OC)CC(CN21)N3C. The maximum Gasteiger partial charge on any atom is 0.167 e. The van der Waals surface area contributed by atoms with Gasteiger partial charge in [0, 0.05) is 52.0 Å². The zero-order chi connectivity index (χ0) is 28.3. The van der Waals surface area contributed by atoms with Crippen LogP contribution < -0.4 is 28.4 Å². The van der Waals surface area contributed by atoms with Crippen LogP contribution in [-0.4, -0.2) is 83.2 Å². The van der Waals surface area contributed by atoms with Gasteiger partial charge in [0.2, 0.25) is 0 Å². The van der Waals surface area contributed by atoms with Gasteiger partial charge in [0.15, 0.2) is 23.0 Å². The van der Waals surface area contributed by atoms with Crippen molar-refractivity contribution in [2.75, 3.05) is 56.3 Å². The molecule has 0 spiro atoms. The number of likely N-dealkylation sites (N-methyl/N-ethyl adjacent to an activating group) is 1. The number of nitrogens with zero attached hydrogens (tertiary/aromatic N) is 2. The number of methoxy groups -OCH3 is 6. The molecule has 1 N–H and O–H groups in total. The molecule has 0 saturated carbocycles. The summed E-state index contributed by atoms with van der Waals surface area (Å²) in [6.07, 6.45) is 0.765. The first-order valence-corrected chi connectivity index (χ1v) is 13.5. The number of hydrogen-bond donors (Lipinski definition) is 1. The zero-order valence-electron chi connectivity index (χ0n) is 24.8. The van der Waals surface area contributed by atoms with Gasteiger partial charge < -0.3 is 33.5 Å². The molecule has 214 valence electrons. The number of piperazine rings is 1. The predicted octanol–water partition coefficient (Wildman–Crippen LogP) is 4.14. The molecule has 39 heavy (non-hydrogen) atoms. The number of aliphatic hydroxyl groups is 1. The molecule has 3 aliphatic heterocycles. The van der Waals surface area contributed by atoms with E-state index >= 15 is 0 Å². The highest BCUT2D eigenvalue weighted by Gasteiger charge is 2.56. The van der Waals surface area contributed by atoms with Crippen LogP contribution in [0.25, 0.3) is 0 Å². The van der Waals surface area contributed by atoms with Crippen LogP contribution in [0.4, 0.5) is 0 Å². The van der Waals surface area contributed by atoms with Crippen LogP contribution in [0.1, 0.15) is 64.9 Å². The van der Waals surface area contributed by atoms with Crippen molar-refractivity contribution in [3.8, 4) is 34.5 Å². The molecule has 0 aromatic heterocycles. The zero-order valence-corrected chi connectivity index (χ0v) is 24.8. The van der Waals surface area contributed by atoms with E-state index < -0.39 is 6.10 Å². The minimum atomic E-state index is -0.862. The lowest BCUT2D eigenvalue weighted by Gasteiger charge is -2.59. The quantitative estimate of drug-likeness (QED) is 0.555. The van der Waals surface area contributed by atoms with Gasteiger partial charge in [-0.3, -0.25) is 9.80 Å². The molecule has 5 atom stereocenters. The van der Waals surface area contributed by atoms with Crippen molar-refractivity contribution >= 4 is 0 Å². The predicted molar refractivity (Wildman–Crippen MR) is 148 cm³/mol. The summed E-state index contributed by atoms with van der Waals surface area (Å²) in [6, 6.07) is -0.248. The molecule has 4 unspecified atom stereocenters. The molecule has 3 heterocycles. The molecular weight excluding hydrogens is 500 g/mol. The number of rotatable bonds is 7. The normalized spacial score (nSPS) is 25.8. The van der Waals surface area contributed by atoms with Crippen LogP contribution in [0.3, 0.4) is 0 Å². The van der Waals surface area contributed by atoms with E-state index in [2.05, 4.69) is 23.8 Å². The summed E-state index contributed by atoms with van der Waals surface area (Å²) in [4.78, 5) is 4.85. The van der Waals surface area contributed by atoms with Crippen LogP contribution in [0.5, 0.6) is 34.5 Å². The van der Waals surface area contributed by atoms with Crippen molar-refractivity contribution in [2.24, 2.45) is 0 Å². The molecular formula is C30H42N2O7. The number of aliphatic hydroxyl groups excluding tert-OH is 1. The number of fused-ring (bicyclic) bond motifs is 7. The Labute approximate surface area is 231 Å². The summed E-state index contributed by atoms with van der Waals surface area (Å²) < 4.78 is 35.7. The van der Waals surface area contributed by atoms with Crippen LogP contribution >= 0.6 is 0 Å². The third-order valence-corrected chi connectivity index (χ3v) is 9.24. The molecule has 1 saturated heterocycles. The fraction of sp³-hybridized carbons (Fsp3) is 0.600. The second kappa shape index (κ2) is 10.3. The largest absolute Gasteiger partial charge is 0.496 e. The van der Waals surface area contributed by atoms with E-state index in [1.165, 1.54) is 0 Å². The first-order chi connectivity index (χ1) is 18.7. The van der Waals surface area contributed by atoms with Gasteiger partial charge in [-0.2, -0.15) is 0 Å². The van der Waals surface area contributed by atoms with Gasteiger partial charge in [-0.1, -0.05) is 6.92 Å². The highest BCUT2D eigenvalue weighted by molar-refractivity contribution is 5.68. The highest BCUT2D eigenvalue weighted by Crippen LogP contribution is 2.60. The van der Waals surface area contributed by atoms with Crippen molar-refractivity contribution < 1.29 is 33.5 Å². The topological polar surface area (TPSA) is 82.1 Å². The summed E-state index contributed by atoms with van der Waals surface area (Å²) in [5, 5.41) is 12.4. The van der Waals surface area contributed by atoms with Crippen LogP contribution in [0, 0.1) is 13.8 Å². The standard InChI is InChI=1S/C30H42N2O7/c1-11-18-20-21(26(35-6)15(3)28(37-8)30(20)39-10)24(33)23-22-19-17(12-16(31(22)4)13-32(18)23)25(34-5)14(2)27(36-7)29(19)38-9/h16,18,22-24,33H,11-13H2,1-10H3/t16?,18-,22?,23?,24?/m0/s1. The summed E-state index contributed by atoms with van der Waals surface area (Å²) in [7, 11) is 12.2. The molecule has 2 bridgehead atoms. The van der Waals surface area contributed by atoms with Gasteiger partial charge in [0.1, 0.15) is 17.6 Å². The lowest BCUT2D eigenvalue weighted by Crippen LogP contribution is -2.64.